The number of para-hydroxylation sites is 1. The van der Waals surface area contributed by atoms with E-state index in [9.17, 15) is 14.9 Å². The van der Waals surface area contributed by atoms with Gasteiger partial charge >= 0.3 is 5.69 Å². The Labute approximate surface area is 122 Å². The van der Waals surface area contributed by atoms with E-state index >= 15 is 0 Å². The molecule has 1 aromatic rings. The number of amides is 1. The predicted octanol–water partition coefficient (Wildman–Crippen LogP) is 1.45. The highest BCUT2D eigenvalue weighted by atomic mass is 16.6. The summed E-state index contributed by atoms with van der Waals surface area (Å²) in [5.41, 5.74) is -0.0113. The van der Waals surface area contributed by atoms with Gasteiger partial charge < -0.3 is 14.7 Å². The van der Waals surface area contributed by atoms with E-state index in [0.29, 0.717) is 13.1 Å². The number of benzene rings is 1. The standard InChI is InChI=1S/C14H18N2O5/c1-21-13-11(3-2-4-12(13)16(19)20)14(18)15-7-5-10(9-17)6-8-15/h2-4,10,17H,5-9H2,1H3. The predicted molar refractivity (Wildman–Crippen MR) is 75.4 cm³/mol. The molecule has 1 aromatic carbocycles. The van der Waals surface area contributed by atoms with E-state index in [2.05, 4.69) is 0 Å². The quantitative estimate of drug-likeness (QED) is 0.670. The lowest BCUT2D eigenvalue weighted by Crippen LogP contribution is -2.39. The third-order valence-corrected chi connectivity index (χ3v) is 3.79. The van der Waals surface area contributed by atoms with Gasteiger partial charge in [-0.15, -0.1) is 0 Å². The Morgan fingerprint density at radius 3 is 2.67 bits per heavy atom. The Kier molecular flexibility index (Phi) is 4.74. The van der Waals surface area contributed by atoms with Crippen LogP contribution in [0.15, 0.2) is 18.2 Å². The number of likely N-dealkylation sites (tertiary alicyclic amines) is 1. The Morgan fingerprint density at radius 2 is 2.14 bits per heavy atom. The van der Waals surface area contributed by atoms with Crippen molar-refractivity contribution in [2.45, 2.75) is 12.8 Å². The van der Waals surface area contributed by atoms with E-state index in [-0.39, 0.29) is 35.4 Å². The van der Waals surface area contributed by atoms with Crippen molar-refractivity contribution in [1.29, 1.82) is 0 Å². The number of piperidine rings is 1. The zero-order valence-electron chi connectivity index (χ0n) is 11.8. The average Bonchev–Trinajstić information content (AvgIpc) is 2.53. The topological polar surface area (TPSA) is 92.9 Å². The summed E-state index contributed by atoms with van der Waals surface area (Å²) in [6, 6.07) is 4.33. The number of methoxy groups -OCH3 is 1. The van der Waals surface area contributed by atoms with Gasteiger partial charge in [0.05, 0.1) is 17.6 Å². The highest BCUT2D eigenvalue weighted by molar-refractivity contribution is 5.98. The second-order valence-corrected chi connectivity index (χ2v) is 5.03. The van der Waals surface area contributed by atoms with Gasteiger partial charge in [-0.3, -0.25) is 14.9 Å². The van der Waals surface area contributed by atoms with E-state index in [1.165, 1.54) is 25.3 Å². The molecule has 7 nitrogen and oxygen atoms in total. The minimum absolute atomic E-state index is 0.00298. The van der Waals surface area contributed by atoms with Gasteiger partial charge in [-0.25, -0.2) is 0 Å². The van der Waals surface area contributed by atoms with Gasteiger partial charge in [0.15, 0.2) is 0 Å². The van der Waals surface area contributed by atoms with Crippen LogP contribution in [0.1, 0.15) is 23.2 Å². The van der Waals surface area contributed by atoms with Gasteiger partial charge in [0, 0.05) is 25.8 Å². The van der Waals surface area contributed by atoms with Crippen molar-refractivity contribution in [3.05, 3.63) is 33.9 Å². The second kappa shape index (κ2) is 6.53. The molecule has 1 amide bonds. The molecule has 0 aliphatic carbocycles. The molecule has 0 spiro atoms. The molecule has 0 saturated carbocycles. The number of aliphatic hydroxyl groups excluding tert-OH is 1. The first-order valence-corrected chi connectivity index (χ1v) is 6.80. The van der Waals surface area contributed by atoms with Crippen LogP contribution in [0.4, 0.5) is 5.69 Å². The normalized spacial score (nSPS) is 15.8. The molecular formula is C14H18N2O5. The monoisotopic (exact) mass is 294 g/mol. The second-order valence-electron chi connectivity index (χ2n) is 5.03. The van der Waals surface area contributed by atoms with Crippen molar-refractivity contribution in [2.75, 3.05) is 26.8 Å². The van der Waals surface area contributed by atoms with Gasteiger partial charge in [-0.2, -0.15) is 0 Å². The Balaban J connectivity index is 2.24. The molecule has 0 bridgehead atoms. The molecular weight excluding hydrogens is 276 g/mol. The first kappa shape index (κ1) is 15.2. The van der Waals surface area contributed by atoms with Gasteiger partial charge in [0.1, 0.15) is 0 Å². The van der Waals surface area contributed by atoms with E-state index < -0.39 is 4.92 Å². The fourth-order valence-electron chi connectivity index (χ4n) is 2.54. The van der Waals surface area contributed by atoms with E-state index in [0.717, 1.165) is 12.8 Å². The Hall–Kier alpha value is -2.15. The summed E-state index contributed by atoms with van der Waals surface area (Å²) in [4.78, 5) is 24.6. The molecule has 1 aliphatic heterocycles. The number of nitro benzene ring substituents is 1. The number of rotatable bonds is 4. The Morgan fingerprint density at radius 1 is 1.48 bits per heavy atom. The molecule has 1 N–H and O–H groups in total. The lowest BCUT2D eigenvalue weighted by atomic mass is 9.97. The number of carbonyl (C=O) groups is 1. The molecule has 114 valence electrons. The molecule has 0 atom stereocenters. The van der Waals surface area contributed by atoms with Gasteiger partial charge in [-0.05, 0) is 24.8 Å². The number of hydrogen-bond donors (Lipinski definition) is 1. The number of aliphatic hydroxyl groups is 1. The van der Waals surface area contributed by atoms with E-state index in [1.807, 2.05) is 0 Å². The van der Waals surface area contributed by atoms with Crippen LogP contribution in [0, 0.1) is 16.0 Å². The summed E-state index contributed by atoms with van der Waals surface area (Å²) >= 11 is 0. The summed E-state index contributed by atoms with van der Waals surface area (Å²) in [5.74, 6) is -0.0511. The van der Waals surface area contributed by atoms with Crippen molar-refractivity contribution in [2.24, 2.45) is 5.92 Å². The minimum Gasteiger partial charge on any atom is -0.490 e. The molecule has 1 aliphatic rings. The largest absolute Gasteiger partial charge is 0.490 e. The van der Waals surface area contributed by atoms with Crippen LogP contribution in [0.2, 0.25) is 0 Å². The van der Waals surface area contributed by atoms with Crippen molar-refractivity contribution in [3.8, 4) is 5.75 Å². The maximum Gasteiger partial charge on any atom is 0.311 e. The molecule has 1 saturated heterocycles. The molecule has 0 unspecified atom stereocenters. The number of nitrogens with zero attached hydrogens (tertiary/aromatic N) is 2. The summed E-state index contributed by atoms with van der Waals surface area (Å²) in [6.07, 6.45) is 1.47. The maximum atomic E-state index is 12.5. The lowest BCUT2D eigenvalue weighted by Gasteiger charge is -2.31. The first-order valence-electron chi connectivity index (χ1n) is 6.80. The fraction of sp³-hybridized carbons (Fsp3) is 0.500. The van der Waals surface area contributed by atoms with Crippen LogP contribution < -0.4 is 4.74 Å². The van der Waals surface area contributed by atoms with E-state index in [4.69, 9.17) is 9.84 Å². The smallest absolute Gasteiger partial charge is 0.311 e. The molecule has 7 heteroatoms. The SMILES string of the molecule is COc1c(C(=O)N2CCC(CO)CC2)cccc1[N+](=O)[O-]. The highest BCUT2D eigenvalue weighted by Gasteiger charge is 2.28. The summed E-state index contributed by atoms with van der Waals surface area (Å²) in [6.45, 7) is 1.20. The van der Waals surface area contributed by atoms with Gasteiger partial charge in [-0.1, -0.05) is 6.07 Å². The average molecular weight is 294 g/mol. The van der Waals surface area contributed by atoms with Crippen LogP contribution in [0.3, 0.4) is 0 Å². The van der Waals surface area contributed by atoms with Crippen molar-refractivity contribution < 1.29 is 19.6 Å². The molecule has 1 fully saturated rings. The van der Waals surface area contributed by atoms with E-state index in [1.54, 1.807) is 4.90 Å². The molecule has 21 heavy (non-hydrogen) atoms. The number of hydrogen-bond acceptors (Lipinski definition) is 5. The number of ether oxygens (including phenoxy) is 1. The third kappa shape index (κ3) is 3.13. The van der Waals surface area contributed by atoms with Gasteiger partial charge in [0.25, 0.3) is 5.91 Å². The third-order valence-electron chi connectivity index (χ3n) is 3.79. The van der Waals surface area contributed by atoms with Crippen LogP contribution >= 0.6 is 0 Å². The lowest BCUT2D eigenvalue weighted by molar-refractivity contribution is -0.385. The fourth-order valence-corrected chi connectivity index (χ4v) is 2.54. The molecule has 1 heterocycles. The summed E-state index contributed by atoms with van der Waals surface area (Å²) in [7, 11) is 1.32. The van der Waals surface area contributed by atoms with Gasteiger partial charge in [0.2, 0.25) is 5.75 Å². The zero-order valence-corrected chi connectivity index (χ0v) is 11.8. The van der Waals surface area contributed by atoms with Crippen LogP contribution in [0.5, 0.6) is 5.75 Å². The van der Waals surface area contributed by atoms with Crippen LogP contribution in [-0.2, 0) is 0 Å². The Bertz CT molecular complexity index is 538. The number of carbonyl (C=O) groups excluding carboxylic acids is 1. The van der Waals surface area contributed by atoms with Crippen LogP contribution in [0.25, 0.3) is 0 Å². The van der Waals surface area contributed by atoms with Crippen molar-refractivity contribution >= 4 is 11.6 Å². The van der Waals surface area contributed by atoms with Crippen molar-refractivity contribution in [3.63, 3.8) is 0 Å². The van der Waals surface area contributed by atoms with Crippen molar-refractivity contribution in [1.82, 2.24) is 4.90 Å². The minimum atomic E-state index is -0.562. The highest BCUT2D eigenvalue weighted by Crippen LogP contribution is 2.32. The number of nitro groups is 1. The molecule has 2 rings (SSSR count). The molecule has 0 aromatic heterocycles. The first-order chi connectivity index (χ1) is 10.1. The molecule has 0 radical (unpaired) electrons. The maximum absolute atomic E-state index is 12.5. The zero-order chi connectivity index (χ0) is 15.4. The van der Waals surface area contributed by atoms with Crippen LogP contribution in [-0.4, -0.2) is 47.6 Å². The summed E-state index contributed by atoms with van der Waals surface area (Å²) < 4.78 is 5.06. The summed E-state index contributed by atoms with van der Waals surface area (Å²) in [5, 5.41) is 20.1.